The molecule has 3 nitrogen and oxygen atoms in total. The summed E-state index contributed by atoms with van der Waals surface area (Å²) in [5, 5.41) is 6.11. The summed E-state index contributed by atoms with van der Waals surface area (Å²) in [6.45, 7) is 9.81. The van der Waals surface area contributed by atoms with Crippen LogP contribution in [0.4, 0.5) is 0 Å². The van der Waals surface area contributed by atoms with Crippen LogP contribution in [0.3, 0.4) is 0 Å². The molecule has 0 saturated carbocycles. The Morgan fingerprint density at radius 2 is 1.27 bits per heavy atom. The molecule has 3 heteroatoms. The van der Waals surface area contributed by atoms with E-state index in [4.69, 9.17) is 0 Å². The van der Waals surface area contributed by atoms with Crippen LogP contribution < -0.4 is 10.6 Å². The van der Waals surface area contributed by atoms with Gasteiger partial charge in [0, 0.05) is 19.3 Å². The molecule has 0 spiro atoms. The van der Waals surface area contributed by atoms with Crippen LogP contribution in [0.15, 0.2) is 54.7 Å². The van der Waals surface area contributed by atoms with Gasteiger partial charge in [0.2, 0.25) is 0 Å². The molecule has 1 heterocycles. The van der Waals surface area contributed by atoms with Gasteiger partial charge >= 0.3 is 0 Å². The number of hydrogen-bond donors (Lipinski definition) is 2. The highest BCUT2D eigenvalue weighted by Crippen LogP contribution is 1.95. The Hall–Kier alpha value is -1.71. The molecule has 0 bridgehead atoms. The van der Waals surface area contributed by atoms with Crippen molar-refractivity contribution in [3.05, 3.63) is 66.0 Å². The Labute approximate surface area is 137 Å². The fraction of sp³-hybridized carbons (Fsp3) is 0.421. The van der Waals surface area contributed by atoms with E-state index in [0.29, 0.717) is 0 Å². The molecule has 2 rings (SSSR count). The lowest BCUT2D eigenvalue weighted by Crippen LogP contribution is -2.05. The Morgan fingerprint density at radius 1 is 0.727 bits per heavy atom. The number of nitrogens with one attached hydrogen (secondary N) is 2. The molecular formula is C19H33N3. The highest BCUT2D eigenvalue weighted by molar-refractivity contribution is 5.13. The van der Waals surface area contributed by atoms with E-state index >= 15 is 0 Å². The number of rotatable bonds is 4. The minimum atomic E-state index is 0.848. The smallest absolute Gasteiger partial charge is 0.0541 e. The second kappa shape index (κ2) is 19.3. The van der Waals surface area contributed by atoms with Gasteiger partial charge in [-0.1, -0.05) is 64.1 Å². The number of aromatic nitrogens is 1. The van der Waals surface area contributed by atoms with Crippen LogP contribution >= 0.6 is 0 Å². The molecule has 0 fully saturated rings. The zero-order chi connectivity index (χ0) is 17.1. The lowest BCUT2D eigenvalue weighted by molar-refractivity contribution is 0.791. The van der Waals surface area contributed by atoms with E-state index in [-0.39, 0.29) is 0 Å². The van der Waals surface area contributed by atoms with Crippen molar-refractivity contribution in [1.82, 2.24) is 15.6 Å². The fourth-order valence-corrected chi connectivity index (χ4v) is 1.48. The topological polar surface area (TPSA) is 37.0 Å². The van der Waals surface area contributed by atoms with Gasteiger partial charge in [0.1, 0.15) is 0 Å². The highest BCUT2D eigenvalue weighted by atomic mass is 14.8. The van der Waals surface area contributed by atoms with Crippen molar-refractivity contribution in [2.45, 2.75) is 40.8 Å². The van der Waals surface area contributed by atoms with Crippen LogP contribution in [0.2, 0.25) is 0 Å². The Bertz CT molecular complexity index is 360. The average Bonchev–Trinajstić information content (AvgIpc) is 2.62. The summed E-state index contributed by atoms with van der Waals surface area (Å²) in [5.41, 5.74) is 2.42. The number of benzene rings is 1. The SMILES string of the molecule is CC.CC.CNCc1ccccc1.CNCc1ccccn1. The molecule has 1 aromatic carbocycles. The first kappa shape index (κ1) is 22.6. The van der Waals surface area contributed by atoms with Crippen molar-refractivity contribution < 1.29 is 0 Å². The van der Waals surface area contributed by atoms with Crippen molar-refractivity contribution in [1.29, 1.82) is 0 Å². The summed E-state index contributed by atoms with van der Waals surface area (Å²) < 4.78 is 0. The molecule has 2 aromatic rings. The molecule has 0 atom stereocenters. The van der Waals surface area contributed by atoms with E-state index in [1.54, 1.807) is 6.20 Å². The van der Waals surface area contributed by atoms with Gasteiger partial charge in [0.25, 0.3) is 0 Å². The third-order valence-electron chi connectivity index (χ3n) is 2.31. The summed E-state index contributed by atoms with van der Waals surface area (Å²) in [5.74, 6) is 0. The summed E-state index contributed by atoms with van der Waals surface area (Å²) >= 11 is 0. The van der Waals surface area contributed by atoms with Crippen LogP contribution in [0.5, 0.6) is 0 Å². The number of pyridine rings is 1. The van der Waals surface area contributed by atoms with Gasteiger partial charge in [-0.2, -0.15) is 0 Å². The molecular weight excluding hydrogens is 270 g/mol. The monoisotopic (exact) mass is 303 g/mol. The third-order valence-corrected chi connectivity index (χ3v) is 2.31. The first-order valence-electron chi connectivity index (χ1n) is 8.10. The molecule has 0 aliphatic carbocycles. The van der Waals surface area contributed by atoms with E-state index < -0.39 is 0 Å². The van der Waals surface area contributed by atoms with E-state index in [0.717, 1.165) is 18.8 Å². The highest BCUT2D eigenvalue weighted by Gasteiger charge is 1.85. The zero-order valence-electron chi connectivity index (χ0n) is 15.1. The van der Waals surface area contributed by atoms with Crippen molar-refractivity contribution in [2.75, 3.05) is 14.1 Å². The molecule has 0 aliphatic rings. The molecule has 1 aromatic heterocycles. The normalized spacial score (nSPS) is 8.27. The molecule has 0 unspecified atom stereocenters. The van der Waals surface area contributed by atoms with E-state index in [2.05, 4.69) is 27.8 Å². The molecule has 0 radical (unpaired) electrons. The van der Waals surface area contributed by atoms with Gasteiger partial charge < -0.3 is 10.6 Å². The average molecular weight is 303 g/mol. The van der Waals surface area contributed by atoms with Gasteiger partial charge in [-0.05, 0) is 31.8 Å². The fourth-order valence-electron chi connectivity index (χ4n) is 1.48. The molecule has 22 heavy (non-hydrogen) atoms. The van der Waals surface area contributed by atoms with Crippen molar-refractivity contribution in [2.24, 2.45) is 0 Å². The second-order valence-corrected chi connectivity index (χ2v) is 3.87. The zero-order valence-corrected chi connectivity index (χ0v) is 15.1. The molecule has 0 amide bonds. The number of nitrogens with zero attached hydrogens (tertiary/aromatic N) is 1. The number of hydrogen-bond acceptors (Lipinski definition) is 3. The molecule has 2 N–H and O–H groups in total. The molecule has 0 aliphatic heterocycles. The van der Waals surface area contributed by atoms with Gasteiger partial charge in [0.05, 0.1) is 5.69 Å². The maximum atomic E-state index is 4.11. The largest absolute Gasteiger partial charge is 0.316 e. The summed E-state index contributed by atoms with van der Waals surface area (Å²) in [4.78, 5) is 4.11. The summed E-state index contributed by atoms with van der Waals surface area (Å²) in [6, 6.07) is 16.2. The molecule has 124 valence electrons. The first-order chi connectivity index (χ1) is 10.9. The lowest BCUT2D eigenvalue weighted by Gasteiger charge is -1.95. The van der Waals surface area contributed by atoms with Gasteiger partial charge in [-0.25, -0.2) is 0 Å². The minimum absolute atomic E-state index is 0.848. The van der Waals surface area contributed by atoms with Gasteiger partial charge in [-0.3, -0.25) is 4.98 Å². The van der Waals surface area contributed by atoms with Crippen LogP contribution in [-0.2, 0) is 13.1 Å². The van der Waals surface area contributed by atoms with Gasteiger partial charge in [0.15, 0.2) is 0 Å². The Balaban J connectivity index is 0. The van der Waals surface area contributed by atoms with Crippen LogP contribution in [0.25, 0.3) is 0 Å². The van der Waals surface area contributed by atoms with Crippen molar-refractivity contribution in [3.63, 3.8) is 0 Å². The quantitative estimate of drug-likeness (QED) is 0.886. The lowest BCUT2D eigenvalue weighted by atomic mass is 10.2. The second-order valence-electron chi connectivity index (χ2n) is 3.87. The summed E-state index contributed by atoms with van der Waals surface area (Å²) in [7, 11) is 3.86. The Morgan fingerprint density at radius 3 is 1.73 bits per heavy atom. The van der Waals surface area contributed by atoms with Crippen molar-refractivity contribution in [3.8, 4) is 0 Å². The van der Waals surface area contributed by atoms with Gasteiger partial charge in [-0.15, -0.1) is 0 Å². The minimum Gasteiger partial charge on any atom is -0.316 e. The predicted molar refractivity (Wildman–Crippen MR) is 98.9 cm³/mol. The maximum Gasteiger partial charge on any atom is 0.0541 e. The van der Waals surface area contributed by atoms with Crippen LogP contribution in [0, 0.1) is 0 Å². The third kappa shape index (κ3) is 13.3. The van der Waals surface area contributed by atoms with E-state index in [9.17, 15) is 0 Å². The standard InChI is InChI=1S/C8H11N.C7H10N2.2C2H6/c1-9-7-8-5-3-2-4-6-8;1-8-6-7-4-2-3-5-9-7;2*1-2/h2-6,9H,7H2,1H3;2-5,8H,6H2,1H3;2*1-2H3. The van der Waals surface area contributed by atoms with Crippen LogP contribution in [-0.4, -0.2) is 19.1 Å². The van der Waals surface area contributed by atoms with E-state index in [1.165, 1.54) is 5.56 Å². The Kier molecular flexibility index (Phi) is 19.8. The molecule has 0 saturated heterocycles. The van der Waals surface area contributed by atoms with E-state index in [1.807, 2.05) is 78.2 Å². The predicted octanol–water partition coefficient (Wildman–Crippen LogP) is 4.26. The first-order valence-corrected chi connectivity index (χ1v) is 8.10. The van der Waals surface area contributed by atoms with Crippen LogP contribution in [0.1, 0.15) is 39.0 Å². The van der Waals surface area contributed by atoms with Crippen molar-refractivity contribution >= 4 is 0 Å². The maximum absolute atomic E-state index is 4.11. The summed E-state index contributed by atoms with van der Waals surface area (Å²) in [6.07, 6.45) is 1.80.